The predicted octanol–water partition coefficient (Wildman–Crippen LogP) is 2.69. The monoisotopic (exact) mass is 155 g/mol. The van der Waals surface area contributed by atoms with Crippen molar-refractivity contribution in [3.05, 3.63) is 0 Å². The molecule has 0 amide bonds. The van der Waals surface area contributed by atoms with Gasteiger partial charge in [0.05, 0.1) is 0 Å². The van der Waals surface area contributed by atoms with Crippen LogP contribution in [0.25, 0.3) is 0 Å². The maximum absolute atomic E-state index is 5.68. The van der Waals surface area contributed by atoms with E-state index in [4.69, 9.17) is 5.73 Å². The zero-order valence-electron chi connectivity index (χ0n) is 7.68. The molecule has 0 aromatic heterocycles. The second kappa shape index (κ2) is 4.76. The van der Waals surface area contributed by atoms with Gasteiger partial charge in [0.15, 0.2) is 0 Å². The van der Waals surface area contributed by atoms with E-state index in [2.05, 4.69) is 6.92 Å². The van der Waals surface area contributed by atoms with Gasteiger partial charge in [-0.15, -0.1) is 0 Å². The van der Waals surface area contributed by atoms with Crippen LogP contribution in [0.5, 0.6) is 0 Å². The van der Waals surface area contributed by atoms with Crippen molar-refractivity contribution in [1.29, 1.82) is 0 Å². The standard InChI is InChI=1S/C10H21N/c1-9(11)5-4-8-10-6-2-3-7-10/h9-10H,2-8,11H2,1H3/t9-/m1/s1. The van der Waals surface area contributed by atoms with Crippen LogP contribution in [0.2, 0.25) is 0 Å². The van der Waals surface area contributed by atoms with Crippen LogP contribution in [-0.2, 0) is 0 Å². The highest BCUT2D eigenvalue weighted by Gasteiger charge is 2.13. The molecule has 0 aromatic carbocycles. The van der Waals surface area contributed by atoms with E-state index in [0.717, 1.165) is 5.92 Å². The highest BCUT2D eigenvalue weighted by atomic mass is 14.6. The lowest BCUT2D eigenvalue weighted by Gasteiger charge is -2.09. The molecule has 0 bridgehead atoms. The van der Waals surface area contributed by atoms with Gasteiger partial charge in [-0.3, -0.25) is 0 Å². The average molecular weight is 155 g/mol. The van der Waals surface area contributed by atoms with Gasteiger partial charge in [0.25, 0.3) is 0 Å². The molecule has 1 nitrogen and oxygen atoms in total. The lowest BCUT2D eigenvalue weighted by Crippen LogP contribution is -2.14. The summed E-state index contributed by atoms with van der Waals surface area (Å²) in [5.41, 5.74) is 5.68. The van der Waals surface area contributed by atoms with Crippen LogP contribution >= 0.6 is 0 Å². The minimum absolute atomic E-state index is 0.413. The Morgan fingerprint density at radius 1 is 1.36 bits per heavy atom. The summed E-state index contributed by atoms with van der Waals surface area (Å²) in [7, 11) is 0. The van der Waals surface area contributed by atoms with Crippen LogP contribution in [0.3, 0.4) is 0 Å². The van der Waals surface area contributed by atoms with E-state index in [9.17, 15) is 0 Å². The Bertz CT molecular complexity index is 93.0. The highest BCUT2D eigenvalue weighted by molar-refractivity contribution is 4.67. The molecule has 0 unspecified atom stereocenters. The first-order valence-electron chi connectivity index (χ1n) is 5.04. The van der Waals surface area contributed by atoms with Crippen molar-refractivity contribution in [2.75, 3.05) is 0 Å². The van der Waals surface area contributed by atoms with Gasteiger partial charge in [-0.1, -0.05) is 38.5 Å². The van der Waals surface area contributed by atoms with E-state index >= 15 is 0 Å². The second-order valence-electron chi connectivity index (χ2n) is 4.06. The van der Waals surface area contributed by atoms with E-state index in [1.165, 1.54) is 44.9 Å². The summed E-state index contributed by atoms with van der Waals surface area (Å²) in [4.78, 5) is 0. The van der Waals surface area contributed by atoms with E-state index < -0.39 is 0 Å². The third kappa shape index (κ3) is 3.76. The lowest BCUT2D eigenvalue weighted by molar-refractivity contribution is 0.459. The van der Waals surface area contributed by atoms with Gasteiger partial charge in [-0.25, -0.2) is 0 Å². The Morgan fingerprint density at radius 2 is 2.00 bits per heavy atom. The fourth-order valence-corrected chi connectivity index (χ4v) is 2.03. The Hall–Kier alpha value is -0.0400. The predicted molar refractivity (Wildman–Crippen MR) is 49.5 cm³/mol. The average Bonchev–Trinajstić information content (AvgIpc) is 2.39. The first kappa shape index (κ1) is 9.05. The molecule has 1 rings (SSSR count). The van der Waals surface area contributed by atoms with Crippen molar-refractivity contribution in [1.82, 2.24) is 0 Å². The maximum Gasteiger partial charge on any atom is 0.00104 e. The van der Waals surface area contributed by atoms with Crippen molar-refractivity contribution in [3.8, 4) is 0 Å². The van der Waals surface area contributed by atoms with E-state index in [1.807, 2.05) is 0 Å². The molecule has 0 saturated heterocycles. The van der Waals surface area contributed by atoms with Gasteiger partial charge in [0.2, 0.25) is 0 Å². The van der Waals surface area contributed by atoms with Crippen molar-refractivity contribution in [2.45, 2.75) is 57.9 Å². The van der Waals surface area contributed by atoms with Crippen molar-refractivity contribution >= 4 is 0 Å². The molecule has 1 heteroatoms. The van der Waals surface area contributed by atoms with Gasteiger partial charge in [0, 0.05) is 6.04 Å². The molecule has 0 heterocycles. The normalized spacial score (nSPS) is 22.4. The minimum atomic E-state index is 0.413. The summed E-state index contributed by atoms with van der Waals surface area (Å²) < 4.78 is 0. The minimum Gasteiger partial charge on any atom is -0.328 e. The van der Waals surface area contributed by atoms with Gasteiger partial charge >= 0.3 is 0 Å². The Morgan fingerprint density at radius 3 is 2.55 bits per heavy atom. The molecule has 0 spiro atoms. The quantitative estimate of drug-likeness (QED) is 0.663. The van der Waals surface area contributed by atoms with Crippen molar-refractivity contribution in [2.24, 2.45) is 11.7 Å². The number of nitrogens with two attached hydrogens (primary N) is 1. The number of rotatable bonds is 4. The van der Waals surface area contributed by atoms with Crippen LogP contribution in [0.4, 0.5) is 0 Å². The van der Waals surface area contributed by atoms with Crippen LogP contribution in [0.1, 0.15) is 51.9 Å². The van der Waals surface area contributed by atoms with Gasteiger partial charge in [-0.2, -0.15) is 0 Å². The van der Waals surface area contributed by atoms with E-state index in [1.54, 1.807) is 0 Å². The Kier molecular flexibility index (Phi) is 3.92. The molecular weight excluding hydrogens is 134 g/mol. The molecule has 1 atom stereocenters. The number of hydrogen-bond donors (Lipinski definition) is 1. The summed E-state index contributed by atoms with van der Waals surface area (Å²) in [5.74, 6) is 1.05. The fraction of sp³-hybridized carbons (Fsp3) is 1.00. The largest absolute Gasteiger partial charge is 0.328 e. The first-order valence-corrected chi connectivity index (χ1v) is 5.04. The van der Waals surface area contributed by atoms with Crippen LogP contribution in [0.15, 0.2) is 0 Å². The summed E-state index contributed by atoms with van der Waals surface area (Å²) >= 11 is 0. The molecule has 66 valence electrons. The molecule has 1 aliphatic rings. The molecule has 0 aromatic rings. The lowest BCUT2D eigenvalue weighted by atomic mass is 9.99. The Labute approximate surface area is 70.4 Å². The molecule has 2 N–H and O–H groups in total. The maximum atomic E-state index is 5.68. The molecule has 1 fully saturated rings. The first-order chi connectivity index (χ1) is 5.29. The van der Waals surface area contributed by atoms with E-state index in [0.29, 0.717) is 6.04 Å². The SMILES string of the molecule is C[C@@H](N)CCCC1CCCC1. The molecule has 11 heavy (non-hydrogen) atoms. The van der Waals surface area contributed by atoms with Gasteiger partial charge in [0.1, 0.15) is 0 Å². The summed E-state index contributed by atoms with van der Waals surface area (Å²) in [5, 5.41) is 0. The third-order valence-corrected chi connectivity index (χ3v) is 2.75. The highest BCUT2D eigenvalue weighted by Crippen LogP contribution is 2.28. The zero-order valence-corrected chi connectivity index (χ0v) is 7.68. The summed E-state index contributed by atoms with van der Waals surface area (Å²) in [6, 6.07) is 0.413. The van der Waals surface area contributed by atoms with Crippen LogP contribution < -0.4 is 5.73 Å². The van der Waals surface area contributed by atoms with Crippen LogP contribution in [-0.4, -0.2) is 6.04 Å². The Balaban J connectivity index is 1.94. The van der Waals surface area contributed by atoms with Gasteiger partial charge < -0.3 is 5.73 Å². The molecule has 1 aliphatic carbocycles. The summed E-state index contributed by atoms with van der Waals surface area (Å²) in [6.07, 6.45) is 9.92. The third-order valence-electron chi connectivity index (χ3n) is 2.75. The van der Waals surface area contributed by atoms with E-state index in [-0.39, 0.29) is 0 Å². The smallest absolute Gasteiger partial charge is 0.00104 e. The molecule has 0 radical (unpaired) electrons. The molecule has 0 aliphatic heterocycles. The van der Waals surface area contributed by atoms with Crippen molar-refractivity contribution in [3.63, 3.8) is 0 Å². The zero-order chi connectivity index (χ0) is 8.10. The fourth-order valence-electron chi connectivity index (χ4n) is 2.03. The molecule has 1 saturated carbocycles. The molecular formula is C10H21N. The van der Waals surface area contributed by atoms with Crippen molar-refractivity contribution < 1.29 is 0 Å². The second-order valence-corrected chi connectivity index (χ2v) is 4.06. The van der Waals surface area contributed by atoms with Crippen LogP contribution in [0, 0.1) is 5.92 Å². The van der Waals surface area contributed by atoms with Gasteiger partial charge in [-0.05, 0) is 19.3 Å². The topological polar surface area (TPSA) is 26.0 Å². The number of hydrogen-bond acceptors (Lipinski definition) is 1. The summed E-state index contributed by atoms with van der Waals surface area (Å²) in [6.45, 7) is 2.11.